The third-order valence-electron chi connectivity index (χ3n) is 2.69. The summed E-state index contributed by atoms with van der Waals surface area (Å²) in [6.07, 6.45) is 6.76. The first-order valence-electron chi connectivity index (χ1n) is 6.56. The Labute approximate surface area is 101 Å². The number of hydrogen-bond acceptors (Lipinski definition) is 3. The van der Waals surface area contributed by atoms with Gasteiger partial charge in [-0.15, -0.1) is 0 Å². The SMILES string of the molecule is CCCCCCCN(C)CCOCCOC. The van der Waals surface area contributed by atoms with E-state index in [1.54, 1.807) is 7.11 Å². The highest BCUT2D eigenvalue weighted by atomic mass is 16.5. The molecule has 3 heteroatoms. The molecule has 0 radical (unpaired) electrons. The minimum atomic E-state index is 0.695. The Kier molecular flexibility index (Phi) is 12.9. The van der Waals surface area contributed by atoms with Crippen LogP contribution in [0.1, 0.15) is 39.0 Å². The molecule has 0 heterocycles. The molecule has 0 spiro atoms. The van der Waals surface area contributed by atoms with Gasteiger partial charge < -0.3 is 14.4 Å². The monoisotopic (exact) mass is 231 g/mol. The van der Waals surface area contributed by atoms with E-state index in [4.69, 9.17) is 9.47 Å². The molecule has 0 aliphatic rings. The zero-order valence-corrected chi connectivity index (χ0v) is 11.3. The van der Waals surface area contributed by atoms with Crippen LogP contribution in [0.15, 0.2) is 0 Å². The van der Waals surface area contributed by atoms with Gasteiger partial charge in [-0.25, -0.2) is 0 Å². The summed E-state index contributed by atoms with van der Waals surface area (Å²) in [5.41, 5.74) is 0. The van der Waals surface area contributed by atoms with Gasteiger partial charge in [-0.05, 0) is 20.0 Å². The Morgan fingerprint density at radius 3 is 2.31 bits per heavy atom. The van der Waals surface area contributed by atoms with E-state index >= 15 is 0 Å². The molecule has 0 saturated carbocycles. The predicted molar refractivity (Wildman–Crippen MR) is 69.0 cm³/mol. The molecule has 0 unspecified atom stereocenters. The van der Waals surface area contributed by atoms with Gasteiger partial charge in [0.25, 0.3) is 0 Å². The van der Waals surface area contributed by atoms with Crippen molar-refractivity contribution in [2.24, 2.45) is 0 Å². The third kappa shape index (κ3) is 12.0. The van der Waals surface area contributed by atoms with Crippen LogP contribution >= 0.6 is 0 Å². The summed E-state index contributed by atoms with van der Waals surface area (Å²) in [4.78, 5) is 2.35. The molecule has 0 aliphatic heterocycles. The fourth-order valence-electron chi connectivity index (χ4n) is 1.56. The molecule has 0 saturated heterocycles. The summed E-state index contributed by atoms with van der Waals surface area (Å²) < 4.78 is 10.3. The van der Waals surface area contributed by atoms with E-state index in [1.165, 1.54) is 38.6 Å². The molecule has 0 aromatic rings. The van der Waals surface area contributed by atoms with Crippen molar-refractivity contribution in [3.05, 3.63) is 0 Å². The van der Waals surface area contributed by atoms with Gasteiger partial charge in [-0.2, -0.15) is 0 Å². The largest absolute Gasteiger partial charge is 0.382 e. The zero-order chi connectivity index (χ0) is 12.1. The van der Waals surface area contributed by atoms with Crippen LogP contribution in [0.3, 0.4) is 0 Å². The third-order valence-corrected chi connectivity index (χ3v) is 2.69. The molecule has 98 valence electrons. The number of nitrogens with zero attached hydrogens (tertiary/aromatic N) is 1. The van der Waals surface area contributed by atoms with Crippen LogP contribution in [0, 0.1) is 0 Å². The molecular formula is C13H29NO2. The highest BCUT2D eigenvalue weighted by Crippen LogP contribution is 2.02. The van der Waals surface area contributed by atoms with Crippen molar-refractivity contribution in [2.45, 2.75) is 39.0 Å². The normalized spacial score (nSPS) is 11.2. The molecule has 0 aromatic heterocycles. The van der Waals surface area contributed by atoms with Crippen molar-refractivity contribution >= 4 is 0 Å². The summed E-state index contributed by atoms with van der Waals surface area (Å²) in [5, 5.41) is 0. The summed E-state index contributed by atoms with van der Waals surface area (Å²) in [6.45, 7) is 6.69. The highest BCUT2D eigenvalue weighted by molar-refractivity contribution is 4.51. The fraction of sp³-hybridized carbons (Fsp3) is 1.00. The second-order valence-electron chi connectivity index (χ2n) is 4.32. The number of likely N-dealkylation sites (N-methyl/N-ethyl adjacent to an activating group) is 1. The van der Waals surface area contributed by atoms with Crippen LogP contribution in [0.5, 0.6) is 0 Å². The quantitative estimate of drug-likeness (QED) is 0.482. The van der Waals surface area contributed by atoms with Gasteiger partial charge in [0.2, 0.25) is 0 Å². The molecule has 0 N–H and O–H groups in total. The second-order valence-corrected chi connectivity index (χ2v) is 4.32. The topological polar surface area (TPSA) is 21.7 Å². The lowest BCUT2D eigenvalue weighted by molar-refractivity contribution is 0.0604. The first-order valence-corrected chi connectivity index (χ1v) is 6.56. The molecule has 0 atom stereocenters. The minimum Gasteiger partial charge on any atom is -0.382 e. The Hall–Kier alpha value is -0.120. The van der Waals surface area contributed by atoms with Crippen molar-refractivity contribution < 1.29 is 9.47 Å². The average Bonchev–Trinajstić information content (AvgIpc) is 2.28. The Bertz CT molecular complexity index is 117. The van der Waals surface area contributed by atoms with E-state index in [1.807, 2.05) is 0 Å². The minimum absolute atomic E-state index is 0.695. The molecule has 0 rings (SSSR count). The van der Waals surface area contributed by atoms with Crippen molar-refractivity contribution in [2.75, 3.05) is 47.1 Å². The number of unbranched alkanes of at least 4 members (excludes halogenated alkanes) is 4. The van der Waals surface area contributed by atoms with Crippen LogP contribution in [0.4, 0.5) is 0 Å². The fourth-order valence-corrected chi connectivity index (χ4v) is 1.56. The molecule has 0 aromatic carbocycles. The lowest BCUT2D eigenvalue weighted by atomic mass is 10.1. The number of methoxy groups -OCH3 is 1. The number of hydrogen-bond donors (Lipinski definition) is 0. The van der Waals surface area contributed by atoms with E-state index in [2.05, 4.69) is 18.9 Å². The smallest absolute Gasteiger partial charge is 0.0700 e. The Morgan fingerprint density at radius 2 is 1.62 bits per heavy atom. The zero-order valence-electron chi connectivity index (χ0n) is 11.3. The molecule has 0 aliphatic carbocycles. The predicted octanol–water partition coefficient (Wildman–Crippen LogP) is 2.55. The van der Waals surface area contributed by atoms with E-state index in [9.17, 15) is 0 Å². The van der Waals surface area contributed by atoms with Crippen LogP contribution in [0.2, 0.25) is 0 Å². The standard InChI is InChI=1S/C13H29NO2/c1-4-5-6-7-8-9-14(2)10-11-16-13-12-15-3/h4-13H2,1-3H3. The van der Waals surface area contributed by atoms with Crippen molar-refractivity contribution in [3.63, 3.8) is 0 Å². The summed E-state index contributed by atoms with van der Waals surface area (Å²) in [6, 6.07) is 0. The van der Waals surface area contributed by atoms with Gasteiger partial charge in [0.1, 0.15) is 0 Å². The van der Waals surface area contributed by atoms with Gasteiger partial charge in [0.05, 0.1) is 19.8 Å². The van der Waals surface area contributed by atoms with Crippen molar-refractivity contribution in [3.8, 4) is 0 Å². The summed E-state index contributed by atoms with van der Waals surface area (Å²) >= 11 is 0. The lowest BCUT2D eigenvalue weighted by Crippen LogP contribution is -2.24. The highest BCUT2D eigenvalue weighted by Gasteiger charge is 1.98. The Balaban J connectivity index is 3.09. The number of ether oxygens (including phenoxy) is 2. The van der Waals surface area contributed by atoms with E-state index < -0.39 is 0 Å². The Morgan fingerprint density at radius 1 is 0.875 bits per heavy atom. The van der Waals surface area contributed by atoms with E-state index in [0.29, 0.717) is 13.2 Å². The van der Waals surface area contributed by atoms with Crippen LogP contribution < -0.4 is 0 Å². The maximum atomic E-state index is 5.42. The first kappa shape index (κ1) is 15.9. The van der Waals surface area contributed by atoms with Crippen LogP contribution in [-0.2, 0) is 9.47 Å². The molecular weight excluding hydrogens is 202 g/mol. The molecule has 0 amide bonds. The maximum Gasteiger partial charge on any atom is 0.0700 e. The first-order chi connectivity index (χ1) is 7.81. The molecule has 3 nitrogen and oxygen atoms in total. The van der Waals surface area contributed by atoms with Gasteiger partial charge in [-0.3, -0.25) is 0 Å². The summed E-state index contributed by atoms with van der Waals surface area (Å²) in [7, 11) is 3.87. The van der Waals surface area contributed by atoms with Crippen LogP contribution in [0.25, 0.3) is 0 Å². The second kappa shape index (κ2) is 12.9. The van der Waals surface area contributed by atoms with E-state index in [0.717, 1.165) is 13.2 Å². The molecule has 0 bridgehead atoms. The number of rotatable bonds is 12. The lowest BCUT2D eigenvalue weighted by Gasteiger charge is -2.16. The van der Waals surface area contributed by atoms with E-state index in [-0.39, 0.29) is 0 Å². The summed E-state index contributed by atoms with van der Waals surface area (Å²) in [5.74, 6) is 0. The van der Waals surface area contributed by atoms with Gasteiger partial charge in [-0.1, -0.05) is 32.6 Å². The molecule has 0 fully saturated rings. The van der Waals surface area contributed by atoms with Crippen molar-refractivity contribution in [1.29, 1.82) is 0 Å². The van der Waals surface area contributed by atoms with Gasteiger partial charge >= 0.3 is 0 Å². The van der Waals surface area contributed by atoms with Gasteiger partial charge in [0, 0.05) is 13.7 Å². The van der Waals surface area contributed by atoms with Crippen LogP contribution in [-0.4, -0.2) is 52.0 Å². The van der Waals surface area contributed by atoms with Gasteiger partial charge in [0.15, 0.2) is 0 Å². The van der Waals surface area contributed by atoms with Crippen molar-refractivity contribution in [1.82, 2.24) is 4.90 Å². The molecule has 16 heavy (non-hydrogen) atoms. The maximum absolute atomic E-state index is 5.42. The average molecular weight is 231 g/mol.